The Balaban J connectivity index is 0.000000348. The first-order valence-electron chi connectivity index (χ1n) is 12.6. The van der Waals surface area contributed by atoms with Crippen molar-refractivity contribution < 1.29 is 14.3 Å². The first-order chi connectivity index (χ1) is 18.2. The van der Waals surface area contributed by atoms with Crippen LogP contribution in [0.5, 0.6) is 11.5 Å². The molecule has 4 nitrogen and oxygen atoms in total. The Bertz CT molecular complexity index is 1510. The Morgan fingerprint density at radius 3 is 2.38 bits per heavy atom. The maximum absolute atomic E-state index is 13.3. The Kier molecular flexibility index (Phi) is 7.36. The average molecular weight is 490 g/mol. The van der Waals surface area contributed by atoms with Crippen molar-refractivity contribution in [2.45, 2.75) is 19.3 Å². The van der Waals surface area contributed by atoms with Crippen LogP contribution in [0.25, 0.3) is 23.3 Å². The second-order valence-corrected chi connectivity index (χ2v) is 9.18. The lowest BCUT2D eigenvalue weighted by Gasteiger charge is -2.21. The van der Waals surface area contributed by atoms with Crippen molar-refractivity contribution in [1.82, 2.24) is 5.32 Å². The fourth-order valence-electron chi connectivity index (χ4n) is 5.14. The smallest absolute Gasteiger partial charge is 0.169 e. The molecule has 1 N–H and O–H groups in total. The molecule has 0 radical (unpaired) electrons. The highest BCUT2D eigenvalue weighted by atomic mass is 16.5. The number of nitrogens with one attached hydrogen (secondary N) is 1. The number of methoxy groups -OCH3 is 2. The lowest BCUT2D eigenvalue weighted by molar-refractivity contribution is 0.0946. The average Bonchev–Trinajstić information content (AvgIpc) is 3.29. The molecule has 6 rings (SSSR count). The third-order valence-corrected chi connectivity index (χ3v) is 7.03. The summed E-state index contributed by atoms with van der Waals surface area (Å²) in [6, 6.07) is 18.5. The van der Waals surface area contributed by atoms with Gasteiger partial charge in [-0.2, -0.15) is 0 Å². The van der Waals surface area contributed by atoms with Crippen LogP contribution >= 0.6 is 0 Å². The molecular formula is C33H31NO3. The van der Waals surface area contributed by atoms with E-state index in [1.165, 1.54) is 32.7 Å². The highest BCUT2D eigenvalue weighted by Gasteiger charge is 2.24. The van der Waals surface area contributed by atoms with Crippen molar-refractivity contribution in [2.75, 3.05) is 14.2 Å². The van der Waals surface area contributed by atoms with E-state index < -0.39 is 0 Å². The molecule has 0 bridgehead atoms. The highest BCUT2D eigenvalue weighted by Crippen LogP contribution is 2.30. The first kappa shape index (κ1) is 24.4. The number of carbonyl (C=O) groups excluding carboxylic acids is 1. The van der Waals surface area contributed by atoms with Crippen molar-refractivity contribution in [2.24, 2.45) is 5.92 Å². The lowest BCUT2D eigenvalue weighted by Crippen LogP contribution is -2.37. The van der Waals surface area contributed by atoms with E-state index in [0.29, 0.717) is 17.1 Å². The van der Waals surface area contributed by atoms with Gasteiger partial charge in [-0.05, 0) is 82.3 Å². The molecule has 4 heteroatoms. The fourth-order valence-corrected chi connectivity index (χ4v) is 5.14. The molecule has 0 amide bonds. The predicted molar refractivity (Wildman–Crippen MR) is 150 cm³/mol. The SMILES string of the molecule is C1=CC=CNC=C1.COc1ccc(C(=O)C2C=c3c(ccc4c3=CCc3ccccc3-4)CC2)cc1OC. The van der Waals surface area contributed by atoms with Gasteiger partial charge in [-0.1, -0.05) is 60.7 Å². The zero-order valence-electron chi connectivity index (χ0n) is 21.2. The van der Waals surface area contributed by atoms with Crippen LogP contribution in [0.1, 0.15) is 27.9 Å². The van der Waals surface area contributed by atoms with Gasteiger partial charge >= 0.3 is 0 Å². The first-order valence-corrected chi connectivity index (χ1v) is 12.6. The van der Waals surface area contributed by atoms with Gasteiger partial charge in [-0.3, -0.25) is 4.79 Å². The van der Waals surface area contributed by atoms with Gasteiger partial charge in [0.05, 0.1) is 14.2 Å². The highest BCUT2D eigenvalue weighted by molar-refractivity contribution is 6.01. The molecule has 3 aliphatic rings. The van der Waals surface area contributed by atoms with Crippen molar-refractivity contribution >= 4 is 17.9 Å². The van der Waals surface area contributed by atoms with Crippen molar-refractivity contribution in [3.63, 3.8) is 0 Å². The number of ether oxygens (including phenoxy) is 2. The van der Waals surface area contributed by atoms with Crippen molar-refractivity contribution in [3.8, 4) is 22.6 Å². The monoisotopic (exact) mass is 489 g/mol. The van der Waals surface area contributed by atoms with Gasteiger partial charge in [0.15, 0.2) is 17.3 Å². The summed E-state index contributed by atoms with van der Waals surface area (Å²) < 4.78 is 10.7. The zero-order valence-corrected chi connectivity index (χ0v) is 21.2. The molecule has 1 heterocycles. The summed E-state index contributed by atoms with van der Waals surface area (Å²) in [5.74, 6) is 1.22. The zero-order chi connectivity index (χ0) is 25.6. The van der Waals surface area contributed by atoms with E-state index in [1.54, 1.807) is 26.4 Å². The molecule has 0 fully saturated rings. The minimum absolute atomic E-state index is 0.132. The molecule has 3 aromatic rings. The summed E-state index contributed by atoms with van der Waals surface area (Å²) in [4.78, 5) is 13.3. The molecule has 1 atom stereocenters. The standard InChI is InChI=1S/C27H24O3.C6H7N/c1-29-25-14-11-20(16-26(25)30-2)27(28)19-8-7-18-10-12-22-21-6-4-3-5-17(21)9-13-23(22)24(18)15-19;1-2-4-6-7-5-3-1/h3-6,10-16,19H,7-9H2,1-2H3;1-7H. The summed E-state index contributed by atoms with van der Waals surface area (Å²) in [6.45, 7) is 0. The number of benzene rings is 3. The van der Waals surface area contributed by atoms with Crippen LogP contribution in [0.3, 0.4) is 0 Å². The number of aryl methyl sites for hydroxylation is 1. The van der Waals surface area contributed by atoms with Gasteiger partial charge in [-0.15, -0.1) is 0 Å². The number of carbonyl (C=O) groups is 1. The summed E-state index contributed by atoms with van der Waals surface area (Å²) in [5, 5.41) is 5.43. The molecule has 3 aromatic carbocycles. The second-order valence-electron chi connectivity index (χ2n) is 9.18. The summed E-state index contributed by atoms with van der Waals surface area (Å²) >= 11 is 0. The van der Waals surface area contributed by atoms with E-state index in [0.717, 1.165) is 19.3 Å². The molecule has 186 valence electrons. The predicted octanol–water partition coefficient (Wildman–Crippen LogP) is 5.11. The van der Waals surface area contributed by atoms with Crippen LogP contribution in [0.15, 0.2) is 91.3 Å². The second kappa shape index (κ2) is 11.2. The lowest BCUT2D eigenvalue weighted by atomic mass is 9.82. The van der Waals surface area contributed by atoms with E-state index >= 15 is 0 Å². The van der Waals surface area contributed by atoms with Gasteiger partial charge in [0.2, 0.25) is 0 Å². The molecular weight excluding hydrogens is 458 g/mol. The maximum Gasteiger partial charge on any atom is 0.169 e. The largest absolute Gasteiger partial charge is 0.493 e. The Morgan fingerprint density at radius 2 is 1.59 bits per heavy atom. The minimum atomic E-state index is -0.132. The topological polar surface area (TPSA) is 47.6 Å². The van der Waals surface area contributed by atoms with E-state index in [1.807, 2.05) is 42.8 Å². The normalized spacial score (nSPS) is 16.2. The third-order valence-electron chi connectivity index (χ3n) is 7.03. The number of Topliss-reactive ketones (excluding diaryl/α,β-unsaturated/α-hetero) is 1. The molecule has 37 heavy (non-hydrogen) atoms. The number of hydrogen-bond donors (Lipinski definition) is 1. The number of rotatable bonds is 4. The quantitative estimate of drug-likeness (QED) is 0.518. The number of fused-ring (bicyclic) bond motifs is 5. The molecule has 0 spiro atoms. The Labute approximate surface area is 217 Å². The van der Waals surface area contributed by atoms with Gasteiger partial charge in [0.25, 0.3) is 0 Å². The van der Waals surface area contributed by atoms with Gasteiger partial charge < -0.3 is 14.8 Å². The summed E-state index contributed by atoms with van der Waals surface area (Å²) in [6.07, 6.45) is 18.8. The van der Waals surface area contributed by atoms with Crippen LogP contribution in [0.4, 0.5) is 0 Å². The summed E-state index contributed by atoms with van der Waals surface area (Å²) in [7, 11) is 3.19. The Hall–Kier alpha value is -4.31. The van der Waals surface area contributed by atoms with Crippen LogP contribution in [-0.4, -0.2) is 20.0 Å². The van der Waals surface area contributed by atoms with Crippen LogP contribution < -0.4 is 25.2 Å². The van der Waals surface area contributed by atoms with Gasteiger partial charge in [0, 0.05) is 23.9 Å². The number of ketones is 1. The van der Waals surface area contributed by atoms with E-state index in [9.17, 15) is 4.79 Å². The van der Waals surface area contributed by atoms with Crippen LogP contribution in [0, 0.1) is 5.92 Å². The molecule has 0 saturated heterocycles. The Morgan fingerprint density at radius 1 is 0.811 bits per heavy atom. The maximum atomic E-state index is 13.3. The molecule has 1 aliphatic heterocycles. The van der Waals surface area contributed by atoms with E-state index in [2.05, 4.69) is 53.9 Å². The molecule has 1 unspecified atom stereocenters. The fraction of sp³-hybridized carbons (Fsp3) is 0.182. The van der Waals surface area contributed by atoms with Gasteiger partial charge in [-0.25, -0.2) is 0 Å². The number of hydrogen-bond acceptors (Lipinski definition) is 4. The van der Waals surface area contributed by atoms with Crippen molar-refractivity contribution in [1.29, 1.82) is 0 Å². The van der Waals surface area contributed by atoms with E-state index in [4.69, 9.17) is 9.47 Å². The van der Waals surface area contributed by atoms with Crippen LogP contribution in [0.2, 0.25) is 0 Å². The third kappa shape index (κ3) is 5.14. The summed E-state index contributed by atoms with van der Waals surface area (Å²) in [5.41, 5.74) is 5.93. The van der Waals surface area contributed by atoms with Crippen LogP contribution in [-0.2, 0) is 12.8 Å². The molecule has 2 aliphatic carbocycles. The van der Waals surface area contributed by atoms with Crippen molar-refractivity contribution in [3.05, 3.63) is 118 Å². The minimum Gasteiger partial charge on any atom is -0.493 e. The molecule has 0 aromatic heterocycles. The van der Waals surface area contributed by atoms with Gasteiger partial charge in [0.1, 0.15) is 0 Å². The number of allylic oxidation sites excluding steroid dienone is 4. The van der Waals surface area contributed by atoms with E-state index in [-0.39, 0.29) is 11.7 Å². The molecule has 0 saturated carbocycles.